The van der Waals surface area contributed by atoms with Crippen molar-refractivity contribution in [3.63, 3.8) is 0 Å². The third-order valence-electron chi connectivity index (χ3n) is 2.75. The predicted molar refractivity (Wildman–Crippen MR) is 85.5 cm³/mol. The van der Waals surface area contributed by atoms with Crippen molar-refractivity contribution < 1.29 is 9.53 Å². The van der Waals surface area contributed by atoms with E-state index in [1.807, 2.05) is 11.5 Å². The Bertz CT molecular complexity index is 908. The van der Waals surface area contributed by atoms with E-state index in [0.717, 1.165) is 20.4 Å². The first-order valence-electron chi connectivity index (χ1n) is 5.93. The van der Waals surface area contributed by atoms with Gasteiger partial charge in [-0.2, -0.15) is 4.99 Å². The first-order chi connectivity index (χ1) is 9.67. The molecule has 20 heavy (non-hydrogen) atoms. The lowest BCUT2D eigenvalue weighted by molar-refractivity contribution is 0.162. The molecule has 0 aromatic carbocycles. The van der Waals surface area contributed by atoms with Gasteiger partial charge in [0.05, 0.1) is 21.5 Å². The molecule has 106 valence electrons. The Balaban J connectivity index is 2.36. The molecule has 0 spiro atoms. The van der Waals surface area contributed by atoms with E-state index in [1.54, 1.807) is 17.3 Å². The van der Waals surface area contributed by atoms with Crippen molar-refractivity contribution in [3.05, 3.63) is 14.2 Å². The third-order valence-corrected chi connectivity index (χ3v) is 7.39. The summed E-state index contributed by atoms with van der Waals surface area (Å²) in [6.07, 6.45) is -0.583. The summed E-state index contributed by atoms with van der Waals surface area (Å²) in [5.74, 6) is 0. The molecule has 0 saturated heterocycles. The van der Waals surface area contributed by atoms with Gasteiger partial charge in [-0.1, -0.05) is 31.0 Å². The summed E-state index contributed by atoms with van der Waals surface area (Å²) in [4.78, 5) is 27.5. The van der Waals surface area contributed by atoms with Gasteiger partial charge in [-0.05, 0) is 24.2 Å². The molecule has 5 nitrogen and oxygen atoms in total. The van der Waals surface area contributed by atoms with Gasteiger partial charge >= 0.3 is 6.09 Å². The summed E-state index contributed by atoms with van der Waals surface area (Å²) in [5, 5.41) is 0. The van der Waals surface area contributed by atoms with Crippen LogP contribution in [0, 0.1) is 0 Å². The number of carbonyl (C=O) groups excluding carboxylic acids is 1. The van der Waals surface area contributed by atoms with Gasteiger partial charge in [-0.15, -0.1) is 0 Å². The number of carbonyl (C=O) groups is 1. The summed E-state index contributed by atoms with van der Waals surface area (Å²) >= 11 is 0. The van der Waals surface area contributed by atoms with Crippen LogP contribution in [0.25, 0.3) is 20.4 Å². The second-order valence-corrected chi connectivity index (χ2v) is 8.08. The molecule has 3 heterocycles. The molecule has 3 aromatic heterocycles. The number of aryl methyl sites for hydroxylation is 1. The SMILES string of the molecule is CCOC(=O)/N=c1\ssc2c3ssc(=O)c3n(CC)c12. The minimum atomic E-state index is -0.583. The van der Waals surface area contributed by atoms with E-state index in [9.17, 15) is 9.59 Å². The van der Waals surface area contributed by atoms with Crippen LogP contribution in [-0.2, 0) is 11.3 Å². The van der Waals surface area contributed by atoms with Gasteiger partial charge in [0.15, 0.2) is 4.67 Å². The van der Waals surface area contributed by atoms with E-state index in [1.165, 1.54) is 31.0 Å². The molecular formula is C11H10N2O3S4. The number of amides is 1. The normalized spacial score (nSPS) is 12.6. The molecule has 0 aliphatic carbocycles. The number of fused-ring (bicyclic) bond motifs is 3. The largest absolute Gasteiger partial charge is 0.448 e. The number of ether oxygens (including phenoxy) is 1. The smallest absolute Gasteiger partial charge is 0.435 e. The molecule has 1 amide bonds. The number of hydrogen-bond acceptors (Lipinski definition) is 7. The lowest BCUT2D eigenvalue weighted by Gasteiger charge is -1.98. The van der Waals surface area contributed by atoms with Crippen molar-refractivity contribution in [2.24, 2.45) is 4.99 Å². The maximum Gasteiger partial charge on any atom is 0.435 e. The fourth-order valence-corrected chi connectivity index (χ4v) is 7.15. The van der Waals surface area contributed by atoms with Crippen LogP contribution in [0.3, 0.4) is 0 Å². The van der Waals surface area contributed by atoms with E-state index in [-0.39, 0.29) is 4.74 Å². The summed E-state index contributed by atoms with van der Waals surface area (Å²) in [5.41, 5.74) is 1.61. The van der Waals surface area contributed by atoms with Crippen LogP contribution in [0.5, 0.6) is 0 Å². The fraction of sp³-hybridized carbons (Fsp3) is 0.364. The zero-order chi connectivity index (χ0) is 14.3. The van der Waals surface area contributed by atoms with Crippen LogP contribution in [0.4, 0.5) is 4.79 Å². The molecule has 0 N–H and O–H groups in total. The highest BCUT2D eigenvalue weighted by Gasteiger charge is 2.19. The van der Waals surface area contributed by atoms with E-state index in [4.69, 9.17) is 4.74 Å². The van der Waals surface area contributed by atoms with Crippen LogP contribution < -0.4 is 9.41 Å². The molecule has 0 aliphatic rings. The zero-order valence-electron chi connectivity index (χ0n) is 10.7. The van der Waals surface area contributed by atoms with Crippen LogP contribution in [0.1, 0.15) is 13.8 Å². The molecular weight excluding hydrogens is 336 g/mol. The Morgan fingerprint density at radius 3 is 2.55 bits per heavy atom. The number of aromatic nitrogens is 1. The molecule has 0 bridgehead atoms. The second kappa shape index (κ2) is 5.40. The van der Waals surface area contributed by atoms with Crippen molar-refractivity contribution in [1.82, 2.24) is 4.57 Å². The maximum absolute atomic E-state index is 12.0. The minimum absolute atomic E-state index is 0.0716. The topological polar surface area (TPSA) is 60.7 Å². The lowest BCUT2D eigenvalue weighted by Crippen LogP contribution is -2.09. The zero-order valence-corrected chi connectivity index (χ0v) is 13.9. The van der Waals surface area contributed by atoms with Gasteiger partial charge in [0.2, 0.25) is 0 Å². The Hall–Kier alpha value is -1.03. The molecule has 0 aliphatic heterocycles. The van der Waals surface area contributed by atoms with E-state index in [2.05, 4.69) is 4.99 Å². The Kier molecular flexibility index (Phi) is 3.76. The third kappa shape index (κ3) is 2.05. The molecule has 0 saturated carbocycles. The van der Waals surface area contributed by atoms with Gasteiger partial charge < -0.3 is 9.30 Å². The summed E-state index contributed by atoms with van der Waals surface area (Å²) in [7, 11) is 5.73. The Labute approximate surface area is 128 Å². The van der Waals surface area contributed by atoms with Crippen LogP contribution in [0.15, 0.2) is 9.79 Å². The van der Waals surface area contributed by atoms with Crippen molar-refractivity contribution in [1.29, 1.82) is 0 Å². The maximum atomic E-state index is 12.0. The molecule has 0 fully saturated rings. The van der Waals surface area contributed by atoms with Crippen LogP contribution in [0.2, 0.25) is 0 Å². The Morgan fingerprint density at radius 2 is 1.85 bits per heavy atom. The van der Waals surface area contributed by atoms with E-state index < -0.39 is 6.09 Å². The Morgan fingerprint density at radius 1 is 1.15 bits per heavy atom. The lowest BCUT2D eigenvalue weighted by atomic mass is 10.5. The quantitative estimate of drug-likeness (QED) is 0.668. The summed E-state index contributed by atoms with van der Waals surface area (Å²) < 4.78 is 9.54. The van der Waals surface area contributed by atoms with Crippen molar-refractivity contribution >= 4 is 67.9 Å². The number of nitrogens with zero attached hydrogens (tertiary/aromatic N) is 2. The van der Waals surface area contributed by atoms with E-state index in [0.29, 0.717) is 17.8 Å². The first kappa shape index (κ1) is 13.9. The second-order valence-electron chi connectivity index (χ2n) is 3.84. The highest BCUT2D eigenvalue weighted by molar-refractivity contribution is 7.75. The first-order valence-corrected chi connectivity index (χ1v) is 10.2. The molecule has 0 atom stereocenters. The van der Waals surface area contributed by atoms with Gasteiger partial charge in [-0.25, -0.2) is 4.79 Å². The van der Waals surface area contributed by atoms with Crippen molar-refractivity contribution in [2.75, 3.05) is 6.61 Å². The average molecular weight is 346 g/mol. The standard InChI is InChI=1S/C11H10N2O3S4/c1-3-13-5-7(8-6(13)10(14)20-18-8)17-19-9(5)12-11(15)16-4-2/h3-4H2,1-2H3/b12-9-. The van der Waals surface area contributed by atoms with Gasteiger partial charge in [-0.3, -0.25) is 4.79 Å². The van der Waals surface area contributed by atoms with Gasteiger partial charge in [0.25, 0.3) is 4.74 Å². The van der Waals surface area contributed by atoms with Crippen molar-refractivity contribution in [2.45, 2.75) is 20.4 Å². The van der Waals surface area contributed by atoms with E-state index >= 15 is 0 Å². The highest BCUT2D eigenvalue weighted by Crippen LogP contribution is 2.35. The average Bonchev–Trinajstić information content (AvgIpc) is 3.05. The summed E-state index contributed by atoms with van der Waals surface area (Å²) in [6.45, 7) is 4.71. The minimum Gasteiger partial charge on any atom is -0.448 e. The monoisotopic (exact) mass is 346 g/mol. The molecule has 3 rings (SSSR count). The number of hydrogen-bond donors (Lipinski definition) is 0. The van der Waals surface area contributed by atoms with Crippen molar-refractivity contribution in [3.8, 4) is 0 Å². The van der Waals surface area contributed by atoms with Crippen LogP contribution >= 0.6 is 41.4 Å². The molecule has 9 heteroatoms. The van der Waals surface area contributed by atoms with Gasteiger partial charge in [0, 0.05) is 6.54 Å². The molecule has 3 aromatic rings. The predicted octanol–water partition coefficient (Wildman–Crippen LogP) is 3.48. The van der Waals surface area contributed by atoms with Gasteiger partial charge in [0.1, 0.15) is 5.52 Å². The molecule has 0 radical (unpaired) electrons. The van der Waals surface area contributed by atoms with Crippen LogP contribution in [-0.4, -0.2) is 17.3 Å². The highest BCUT2D eigenvalue weighted by atomic mass is 32.9. The molecule has 0 unspecified atom stereocenters. The summed E-state index contributed by atoms with van der Waals surface area (Å²) in [6, 6.07) is 0. The number of rotatable bonds is 2. The fourth-order valence-electron chi connectivity index (χ4n) is 2.01.